The van der Waals surface area contributed by atoms with Crippen LogP contribution in [0.25, 0.3) is 0 Å². The predicted molar refractivity (Wildman–Crippen MR) is 85.4 cm³/mol. The molecule has 0 radical (unpaired) electrons. The third kappa shape index (κ3) is 16.9. The highest BCUT2D eigenvalue weighted by Gasteiger charge is 2.14. The Labute approximate surface area is 147 Å². The molecule has 0 spiro atoms. The zero-order chi connectivity index (χ0) is 20.7. The molecule has 1 atom stereocenters. The Hall–Kier alpha value is -3.47. The average Bonchev–Trinajstić information content (AvgIpc) is 2.54. The lowest BCUT2D eigenvalue weighted by Crippen LogP contribution is -2.30. The molecule has 0 aromatic heterocycles. The molecule has 0 saturated carbocycles. The number of amides is 1. The zero-order valence-electron chi connectivity index (χ0n) is 13.4. The van der Waals surface area contributed by atoms with E-state index in [1.165, 1.54) is 0 Å². The first-order valence-electron chi connectivity index (χ1n) is 6.88. The number of hydrogen-bond acceptors (Lipinski definition) is 6. The van der Waals surface area contributed by atoms with Gasteiger partial charge in [0.15, 0.2) is 0 Å². The number of aliphatic hydroxyl groups is 1. The van der Waals surface area contributed by atoms with Crippen LogP contribution in [0.5, 0.6) is 0 Å². The van der Waals surface area contributed by atoms with Crippen molar-refractivity contribution in [3.8, 4) is 0 Å². The van der Waals surface area contributed by atoms with Crippen LogP contribution in [0.1, 0.15) is 29.6 Å². The van der Waals surface area contributed by atoms with Crippen LogP contribution in [0.2, 0.25) is 0 Å². The number of primary amides is 1. The molecule has 1 aromatic rings. The van der Waals surface area contributed by atoms with Crippen LogP contribution in [-0.4, -0.2) is 61.4 Å². The fourth-order valence-electron chi connectivity index (χ4n) is 1.06. The molecule has 26 heavy (non-hydrogen) atoms. The second kappa shape index (κ2) is 13.9. The van der Waals surface area contributed by atoms with Crippen molar-refractivity contribution in [3.63, 3.8) is 0 Å². The maximum absolute atomic E-state index is 10.2. The van der Waals surface area contributed by atoms with Crippen molar-refractivity contribution >= 4 is 29.8 Å². The van der Waals surface area contributed by atoms with E-state index >= 15 is 0 Å². The van der Waals surface area contributed by atoms with Gasteiger partial charge in [-0.2, -0.15) is 0 Å². The van der Waals surface area contributed by atoms with Gasteiger partial charge in [-0.25, -0.2) is 4.79 Å². The zero-order valence-corrected chi connectivity index (χ0v) is 13.4. The van der Waals surface area contributed by atoms with Gasteiger partial charge in [0.2, 0.25) is 5.91 Å². The number of carboxylic acids is 4. The van der Waals surface area contributed by atoms with E-state index < -0.39 is 42.3 Å². The number of benzene rings is 1. The van der Waals surface area contributed by atoms with Crippen molar-refractivity contribution in [1.82, 2.24) is 0 Å². The van der Waals surface area contributed by atoms with Crippen LogP contribution in [0, 0.1) is 0 Å². The highest BCUT2D eigenvalue weighted by Crippen LogP contribution is 1.96. The SMILES string of the molecule is NC(=O)C(O)CC(=O)O.O=C(O)CCC(=O)O.O=C(O)c1ccccc1. The number of hydrogen-bond donors (Lipinski definition) is 6. The topological polar surface area (TPSA) is 213 Å². The summed E-state index contributed by atoms with van der Waals surface area (Å²) < 4.78 is 0. The van der Waals surface area contributed by atoms with E-state index in [1.54, 1.807) is 30.3 Å². The molecule has 1 aromatic carbocycles. The highest BCUT2D eigenvalue weighted by molar-refractivity contribution is 5.87. The van der Waals surface area contributed by atoms with Crippen molar-refractivity contribution in [1.29, 1.82) is 0 Å². The molecule has 1 amide bonds. The lowest BCUT2D eigenvalue weighted by atomic mass is 10.2. The van der Waals surface area contributed by atoms with Crippen LogP contribution in [0.4, 0.5) is 0 Å². The Morgan fingerprint density at radius 1 is 0.808 bits per heavy atom. The molecule has 7 N–H and O–H groups in total. The summed E-state index contributed by atoms with van der Waals surface area (Å²) in [7, 11) is 0. The van der Waals surface area contributed by atoms with Gasteiger partial charge in [-0.05, 0) is 12.1 Å². The summed E-state index contributed by atoms with van der Waals surface area (Å²) >= 11 is 0. The Morgan fingerprint density at radius 2 is 1.23 bits per heavy atom. The number of aliphatic carboxylic acids is 3. The molecule has 0 aliphatic heterocycles. The average molecular weight is 373 g/mol. The Kier molecular flexibility index (Phi) is 13.3. The summed E-state index contributed by atoms with van der Waals surface area (Å²) in [5, 5.41) is 40.6. The largest absolute Gasteiger partial charge is 0.481 e. The number of carbonyl (C=O) groups is 5. The molecule has 0 saturated heterocycles. The van der Waals surface area contributed by atoms with Crippen LogP contribution in [0.15, 0.2) is 30.3 Å². The first-order chi connectivity index (χ1) is 12.0. The van der Waals surface area contributed by atoms with E-state index in [-0.39, 0.29) is 12.8 Å². The highest BCUT2D eigenvalue weighted by atomic mass is 16.4. The lowest BCUT2D eigenvalue weighted by molar-refractivity contribution is -0.143. The minimum absolute atomic E-state index is 0.296. The number of nitrogens with two attached hydrogens (primary N) is 1. The minimum Gasteiger partial charge on any atom is -0.481 e. The summed E-state index contributed by atoms with van der Waals surface area (Å²) in [5.74, 6) is -5.30. The van der Waals surface area contributed by atoms with Crippen LogP contribution < -0.4 is 5.73 Å². The Bertz CT molecular complexity index is 600. The van der Waals surface area contributed by atoms with Crippen molar-refractivity contribution in [2.45, 2.75) is 25.4 Å². The Morgan fingerprint density at radius 3 is 1.42 bits per heavy atom. The first kappa shape index (κ1) is 24.8. The van der Waals surface area contributed by atoms with Crippen LogP contribution >= 0.6 is 0 Å². The van der Waals surface area contributed by atoms with Crippen molar-refractivity contribution in [2.75, 3.05) is 0 Å². The van der Waals surface area contributed by atoms with Gasteiger partial charge in [-0.15, -0.1) is 0 Å². The lowest BCUT2D eigenvalue weighted by Gasteiger charge is -1.99. The molecular weight excluding hydrogens is 354 g/mol. The van der Waals surface area contributed by atoms with Crippen LogP contribution in [0.3, 0.4) is 0 Å². The number of aliphatic hydroxyl groups excluding tert-OH is 1. The molecule has 11 heteroatoms. The van der Waals surface area contributed by atoms with Crippen molar-refractivity contribution in [3.05, 3.63) is 35.9 Å². The van der Waals surface area contributed by atoms with Gasteiger partial charge in [0.25, 0.3) is 0 Å². The molecule has 0 heterocycles. The van der Waals surface area contributed by atoms with Crippen molar-refractivity contribution < 1.29 is 49.5 Å². The fourth-order valence-corrected chi connectivity index (χ4v) is 1.06. The fraction of sp³-hybridized carbons (Fsp3) is 0.267. The van der Waals surface area contributed by atoms with Gasteiger partial charge in [-0.1, -0.05) is 18.2 Å². The second-order valence-electron chi connectivity index (χ2n) is 4.47. The van der Waals surface area contributed by atoms with E-state index in [4.69, 9.17) is 25.5 Å². The molecule has 0 aliphatic rings. The molecule has 1 unspecified atom stereocenters. The summed E-state index contributed by atoms with van der Waals surface area (Å²) in [6.45, 7) is 0. The molecule has 1 rings (SSSR count). The van der Waals surface area contributed by atoms with Gasteiger partial charge < -0.3 is 31.3 Å². The predicted octanol–water partition coefficient (Wildman–Crippen LogP) is -0.372. The minimum atomic E-state index is -1.57. The summed E-state index contributed by atoms with van der Waals surface area (Å²) in [6.07, 6.45) is -2.79. The third-order valence-corrected chi connectivity index (χ3v) is 2.27. The maximum Gasteiger partial charge on any atom is 0.335 e. The summed E-state index contributed by atoms with van der Waals surface area (Å²) in [5.41, 5.74) is 4.86. The van der Waals surface area contributed by atoms with E-state index in [1.807, 2.05) is 0 Å². The summed E-state index contributed by atoms with van der Waals surface area (Å²) in [6, 6.07) is 8.30. The molecule has 0 bridgehead atoms. The van der Waals surface area contributed by atoms with E-state index in [2.05, 4.69) is 5.73 Å². The van der Waals surface area contributed by atoms with E-state index in [0.717, 1.165) is 0 Å². The molecule has 11 nitrogen and oxygen atoms in total. The number of aromatic carboxylic acids is 1. The normalized spacial score (nSPS) is 10.0. The molecule has 0 aliphatic carbocycles. The number of carbonyl (C=O) groups excluding carboxylic acids is 1. The first-order valence-corrected chi connectivity index (χ1v) is 6.88. The molecule has 0 fully saturated rings. The Balaban J connectivity index is 0. The smallest absolute Gasteiger partial charge is 0.335 e. The van der Waals surface area contributed by atoms with Crippen LogP contribution in [-0.2, 0) is 19.2 Å². The maximum atomic E-state index is 10.2. The van der Waals surface area contributed by atoms with Crippen molar-refractivity contribution in [2.24, 2.45) is 5.73 Å². The van der Waals surface area contributed by atoms with Gasteiger partial charge in [0.1, 0.15) is 6.10 Å². The van der Waals surface area contributed by atoms with E-state index in [9.17, 15) is 24.0 Å². The monoisotopic (exact) mass is 373 g/mol. The number of rotatable bonds is 7. The number of carboxylic acid groups (broad SMARTS) is 4. The quantitative estimate of drug-likeness (QED) is 0.364. The third-order valence-electron chi connectivity index (χ3n) is 2.27. The van der Waals surface area contributed by atoms with E-state index in [0.29, 0.717) is 5.56 Å². The van der Waals surface area contributed by atoms with Gasteiger partial charge in [0.05, 0.1) is 24.8 Å². The standard InChI is InChI=1S/C7H6O2.C4H7NO4.C4H6O4/c8-7(9)6-4-2-1-3-5-6;5-4(9)2(6)1-3(7)8;5-3(6)1-2-4(7)8/h1-5H,(H,8,9);2,6H,1H2,(H2,5,9)(H,7,8);1-2H2,(H,5,6)(H,7,8). The molecule has 144 valence electrons. The van der Waals surface area contributed by atoms with Gasteiger partial charge in [-0.3, -0.25) is 19.2 Å². The summed E-state index contributed by atoms with van der Waals surface area (Å²) in [4.78, 5) is 49.2. The molecular formula is C15H19NO10. The second-order valence-corrected chi connectivity index (χ2v) is 4.47. The van der Waals surface area contributed by atoms with Gasteiger partial charge >= 0.3 is 23.9 Å². The van der Waals surface area contributed by atoms with Gasteiger partial charge in [0, 0.05) is 0 Å².